The molecule has 0 fully saturated rings. The van der Waals surface area contributed by atoms with E-state index in [1.807, 2.05) is 48.7 Å². The number of fused-ring (bicyclic) bond motifs is 12. The molecule has 4 heterocycles. The van der Waals surface area contributed by atoms with Crippen molar-refractivity contribution in [1.29, 1.82) is 0 Å². The molecular weight excluding hydrogens is 819 g/mol. The molecule has 1 aliphatic carbocycles. The molecule has 0 amide bonds. The number of benzene rings is 6. The average molecular weight is 878 g/mol. The Balaban J connectivity index is 1.24. The van der Waals surface area contributed by atoms with Gasteiger partial charge in [0.05, 0.1) is 46.8 Å². The first-order valence-corrected chi connectivity index (χ1v) is 23.6. The molecule has 6 aromatic carbocycles. The van der Waals surface area contributed by atoms with Gasteiger partial charge in [0.25, 0.3) is 0 Å². The number of hydrogen-bond acceptors (Lipinski definition) is 2. The van der Waals surface area contributed by atoms with E-state index in [0.29, 0.717) is 17.2 Å². The molecule has 67 heavy (non-hydrogen) atoms. The molecule has 6 nitrogen and oxygen atoms in total. The number of aryl methyl sites for hydroxylation is 1. The number of ether oxygens (including phenoxy) is 1. The normalized spacial score (nSPS) is 14.1. The first-order chi connectivity index (χ1) is 31.6. The number of pyridine rings is 1. The molecular formula is C61H59N5O. The lowest BCUT2D eigenvalue weighted by atomic mass is 9.60. The van der Waals surface area contributed by atoms with Crippen LogP contribution in [0, 0.1) is 12.9 Å². The maximum atomic E-state index is 8.43. The fourth-order valence-corrected chi connectivity index (χ4v) is 11.2. The Labute approximate surface area is 395 Å². The number of para-hydroxylation sites is 2. The van der Waals surface area contributed by atoms with E-state index in [1.165, 1.54) is 55.6 Å². The van der Waals surface area contributed by atoms with E-state index in [-0.39, 0.29) is 21.7 Å². The highest BCUT2D eigenvalue weighted by Gasteiger charge is 2.54. The van der Waals surface area contributed by atoms with Crippen molar-refractivity contribution in [1.82, 2.24) is 14.1 Å². The summed E-state index contributed by atoms with van der Waals surface area (Å²) in [7, 11) is 2.10. The zero-order valence-corrected chi connectivity index (χ0v) is 41.2. The molecule has 6 heteroatoms. The number of aromatic nitrogens is 4. The maximum absolute atomic E-state index is 8.43. The largest absolute Gasteiger partial charge is 0.469 e. The molecule has 11 rings (SSSR count). The topological polar surface area (TPSA) is 40.2 Å². The summed E-state index contributed by atoms with van der Waals surface area (Å²) >= 11 is 0. The highest BCUT2D eigenvalue weighted by atomic mass is 16.5. The van der Waals surface area contributed by atoms with Crippen LogP contribution in [0.25, 0.3) is 60.3 Å². The van der Waals surface area contributed by atoms with Crippen molar-refractivity contribution in [3.63, 3.8) is 0 Å². The molecule has 3 aromatic heterocycles. The molecule has 9 aromatic rings. The molecule has 1 aliphatic heterocycles. The monoisotopic (exact) mass is 877 g/mol. The van der Waals surface area contributed by atoms with Gasteiger partial charge in [-0.05, 0) is 125 Å². The van der Waals surface area contributed by atoms with E-state index < -0.39 is 5.41 Å². The molecule has 2 aliphatic rings. The third-order valence-electron chi connectivity index (χ3n) is 14.5. The molecule has 0 radical (unpaired) electrons. The van der Waals surface area contributed by atoms with Gasteiger partial charge in [0.2, 0.25) is 12.0 Å². The van der Waals surface area contributed by atoms with E-state index >= 15 is 0 Å². The molecule has 0 atom stereocenters. The first kappa shape index (κ1) is 42.7. The van der Waals surface area contributed by atoms with Gasteiger partial charge >= 0.3 is 0 Å². The smallest absolute Gasteiger partial charge is 0.244 e. The Morgan fingerprint density at radius 2 is 1.27 bits per heavy atom. The van der Waals surface area contributed by atoms with Crippen LogP contribution in [0.2, 0.25) is 0 Å². The van der Waals surface area contributed by atoms with Crippen molar-refractivity contribution in [2.75, 3.05) is 0 Å². The second-order valence-electron chi connectivity index (χ2n) is 23.1. The fourth-order valence-electron chi connectivity index (χ4n) is 11.2. The van der Waals surface area contributed by atoms with Gasteiger partial charge in [0.1, 0.15) is 17.3 Å². The zero-order valence-electron chi connectivity index (χ0n) is 41.2. The van der Waals surface area contributed by atoms with Crippen molar-refractivity contribution in [3.8, 4) is 34.1 Å². The Bertz CT molecular complexity index is 3520. The third kappa shape index (κ3) is 6.13. The van der Waals surface area contributed by atoms with E-state index in [0.717, 1.165) is 44.3 Å². The summed E-state index contributed by atoms with van der Waals surface area (Å²) in [4.78, 5) is 8.83. The number of rotatable bonds is 3. The van der Waals surface area contributed by atoms with Crippen LogP contribution in [0.4, 0.5) is 5.69 Å². The second-order valence-corrected chi connectivity index (χ2v) is 23.1. The minimum atomic E-state index is -0.699. The van der Waals surface area contributed by atoms with Crippen LogP contribution in [0.1, 0.15) is 128 Å². The van der Waals surface area contributed by atoms with Gasteiger partial charge in [-0.15, -0.1) is 0 Å². The number of nitrogens with zero attached hydrogens (tertiary/aromatic N) is 5. The predicted molar refractivity (Wildman–Crippen MR) is 274 cm³/mol. The van der Waals surface area contributed by atoms with Crippen LogP contribution in [-0.4, -0.2) is 14.1 Å². The van der Waals surface area contributed by atoms with Gasteiger partial charge in [0.15, 0.2) is 0 Å². The summed E-state index contributed by atoms with van der Waals surface area (Å²) in [5.41, 5.74) is 17.6. The third-order valence-corrected chi connectivity index (χ3v) is 14.5. The molecule has 0 N–H and O–H groups in total. The quantitative estimate of drug-likeness (QED) is 0.131. The Morgan fingerprint density at radius 3 is 1.87 bits per heavy atom. The zero-order chi connectivity index (χ0) is 47.3. The number of hydrogen-bond donors (Lipinski definition) is 0. The fraction of sp³-hybridized carbons (Fsp3) is 0.295. The summed E-state index contributed by atoms with van der Waals surface area (Å²) in [6.45, 7) is 36.8. The lowest BCUT2D eigenvalue weighted by Crippen LogP contribution is -2.38. The van der Waals surface area contributed by atoms with E-state index in [9.17, 15) is 0 Å². The predicted octanol–water partition coefficient (Wildman–Crippen LogP) is 15.0. The van der Waals surface area contributed by atoms with Gasteiger partial charge in [0, 0.05) is 11.6 Å². The summed E-state index contributed by atoms with van der Waals surface area (Å²) < 4.78 is 13.6. The van der Waals surface area contributed by atoms with Gasteiger partial charge in [-0.25, -0.2) is 9.83 Å². The highest BCUT2D eigenvalue weighted by Crippen LogP contribution is 2.65. The van der Waals surface area contributed by atoms with Gasteiger partial charge in [-0.3, -0.25) is 4.57 Å². The first-order valence-electron chi connectivity index (χ1n) is 23.6. The van der Waals surface area contributed by atoms with Crippen molar-refractivity contribution in [2.24, 2.45) is 7.05 Å². The maximum Gasteiger partial charge on any atom is 0.244 e. The Morgan fingerprint density at radius 1 is 0.627 bits per heavy atom. The van der Waals surface area contributed by atoms with Gasteiger partial charge in [-0.2, -0.15) is 0 Å². The second kappa shape index (κ2) is 14.0. The van der Waals surface area contributed by atoms with Gasteiger partial charge < -0.3 is 13.9 Å². The minimum Gasteiger partial charge on any atom is -0.469 e. The van der Waals surface area contributed by atoms with E-state index in [4.69, 9.17) is 16.3 Å². The van der Waals surface area contributed by atoms with Crippen LogP contribution >= 0.6 is 0 Å². The van der Waals surface area contributed by atoms with Crippen molar-refractivity contribution >= 4 is 38.5 Å². The van der Waals surface area contributed by atoms with Crippen molar-refractivity contribution < 1.29 is 9.30 Å². The Kier molecular flexibility index (Phi) is 8.93. The molecule has 0 saturated carbocycles. The van der Waals surface area contributed by atoms with Crippen molar-refractivity contribution in [2.45, 2.75) is 110 Å². The summed E-state index contributed by atoms with van der Waals surface area (Å²) in [6, 6.07) is 41.8. The summed E-state index contributed by atoms with van der Waals surface area (Å²) in [5.74, 6) is 1.94. The van der Waals surface area contributed by atoms with Crippen molar-refractivity contribution in [3.05, 3.63) is 184 Å². The summed E-state index contributed by atoms with van der Waals surface area (Å²) in [5, 5.41) is 2.04. The van der Waals surface area contributed by atoms with Crippen LogP contribution < -0.4 is 9.30 Å². The van der Waals surface area contributed by atoms with E-state index in [1.54, 1.807) is 0 Å². The van der Waals surface area contributed by atoms with Crippen LogP contribution in [-0.2, 0) is 34.1 Å². The highest BCUT2D eigenvalue weighted by molar-refractivity contribution is 6.11. The van der Waals surface area contributed by atoms with E-state index in [2.05, 4.69) is 188 Å². The number of imidazole rings is 1. The van der Waals surface area contributed by atoms with Crippen LogP contribution in [0.3, 0.4) is 0 Å². The van der Waals surface area contributed by atoms with Crippen LogP contribution in [0.5, 0.6) is 11.5 Å². The molecule has 334 valence electrons. The molecule has 0 saturated heterocycles. The standard InChI is InChI=1S/C61H59N5O/c1-57(2,3)36-28-41-42-29-37(58(4,5)6)31-46(60(10,11)12)55(42)61(54(41)45(30-36)59(7,8)9)43-26-25-38(32-51(43)65-35-64(14)49-23-19-21-44(61)56(49)65)67-52-34-50-40(33-47(52)62-13)39-20-15-16-22-48(39)66(50)53-24-17-18-27-63-53/h15-34H,1-12,14H3. The van der Waals surface area contributed by atoms with Gasteiger partial charge in [-0.1, -0.05) is 156 Å². The average Bonchev–Trinajstić information content (AvgIpc) is 3.89. The minimum absolute atomic E-state index is 0.0766. The SMILES string of the molecule is [C-]#[N+]c1cc2c3ccccc3n(-c3ccccn3)c2cc1Oc1ccc2c(c1)-n1[c-][n+](C)c3cccc(c31)C21c2c(cc(C(C)(C)C)cc2C(C)(C)C)-c2cc(C(C)(C)C)cc(C(C)(C)C)c21. The Hall–Kier alpha value is -6.97. The molecule has 0 bridgehead atoms. The lowest BCUT2D eigenvalue weighted by molar-refractivity contribution is -0.649. The summed E-state index contributed by atoms with van der Waals surface area (Å²) in [6.07, 6.45) is 5.57. The van der Waals surface area contributed by atoms with Crippen LogP contribution in [0.15, 0.2) is 121 Å². The molecule has 0 unspecified atom stereocenters. The molecule has 1 spiro atoms. The lowest BCUT2D eigenvalue weighted by Gasteiger charge is -2.45.